The summed E-state index contributed by atoms with van der Waals surface area (Å²) in [4.78, 5) is 38.2. The summed E-state index contributed by atoms with van der Waals surface area (Å²) in [6.07, 6.45) is 0.399. The van der Waals surface area contributed by atoms with Gasteiger partial charge in [-0.3, -0.25) is 14.9 Å². The summed E-state index contributed by atoms with van der Waals surface area (Å²) >= 11 is 0. The molecule has 9 heteroatoms. The lowest BCUT2D eigenvalue weighted by atomic mass is 10.0. The molecular weight excluding hydrogens is 424 g/mol. The molecule has 0 radical (unpaired) electrons. The van der Waals surface area contributed by atoms with Crippen LogP contribution in [0.1, 0.15) is 58.8 Å². The molecule has 0 unspecified atom stereocenters. The molecule has 1 aliphatic rings. The molecule has 0 aliphatic carbocycles. The van der Waals surface area contributed by atoms with E-state index in [1.54, 1.807) is 24.0 Å². The molecule has 0 bridgehead atoms. The Bertz CT molecular complexity index is 1210. The number of hydrogen-bond donors (Lipinski definition) is 0. The van der Waals surface area contributed by atoms with Crippen LogP contribution in [0.2, 0.25) is 0 Å². The van der Waals surface area contributed by atoms with Gasteiger partial charge in [-0.05, 0) is 49.1 Å². The average molecular weight is 448 g/mol. The number of carbonyl (C=O) groups excluding carboxylic acids is 2. The number of nitro benzene ring substituents is 1. The van der Waals surface area contributed by atoms with Gasteiger partial charge in [0.15, 0.2) is 5.69 Å². The van der Waals surface area contributed by atoms with E-state index in [-0.39, 0.29) is 23.9 Å². The molecule has 0 N–H and O–H groups in total. The number of fused-ring (bicyclic) bond motifs is 1. The maximum absolute atomic E-state index is 13.6. The van der Waals surface area contributed by atoms with Gasteiger partial charge in [0.25, 0.3) is 11.6 Å². The number of nitro groups is 1. The topological polar surface area (TPSA) is 108 Å². The van der Waals surface area contributed by atoms with E-state index < -0.39 is 10.9 Å². The highest BCUT2D eigenvalue weighted by atomic mass is 16.6. The lowest BCUT2D eigenvalue weighted by Crippen LogP contribution is -2.39. The van der Waals surface area contributed by atoms with Crippen LogP contribution in [0.5, 0.6) is 0 Å². The van der Waals surface area contributed by atoms with E-state index in [0.29, 0.717) is 41.5 Å². The van der Waals surface area contributed by atoms with Crippen molar-refractivity contribution < 1.29 is 19.2 Å². The second-order valence-corrected chi connectivity index (χ2v) is 8.03. The zero-order valence-corrected chi connectivity index (χ0v) is 18.6. The fourth-order valence-corrected chi connectivity index (χ4v) is 3.91. The normalized spacial score (nSPS) is 13.2. The Morgan fingerprint density at radius 1 is 1.12 bits per heavy atom. The van der Waals surface area contributed by atoms with Crippen molar-refractivity contribution in [3.05, 3.63) is 81.2 Å². The minimum Gasteiger partial charge on any atom is -0.461 e. The second kappa shape index (κ2) is 8.85. The average Bonchev–Trinajstić information content (AvgIpc) is 3.20. The van der Waals surface area contributed by atoms with Crippen molar-refractivity contribution in [3.63, 3.8) is 0 Å². The van der Waals surface area contributed by atoms with Crippen LogP contribution in [0.4, 0.5) is 11.4 Å². The van der Waals surface area contributed by atoms with Crippen LogP contribution in [-0.2, 0) is 11.2 Å². The summed E-state index contributed by atoms with van der Waals surface area (Å²) in [5.41, 5.74) is 3.26. The maximum Gasteiger partial charge on any atom is 0.359 e. The number of hydrogen-bond acceptors (Lipinski definition) is 6. The van der Waals surface area contributed by atoms with E-state index in [0.717, 1.165) is 5.56 Å². The number of ether oxygens (including phenoxy) is 1. The van der Waals surface area contributed by atoms with E-state index in [9.17, 15) is 19.7 Å². The van der Waals surface area contributed by atoms with Crippen LogP contribution >= 0.6 is 0 Å². The van der Waals surface area contributed by atoms with Crippen molar-refractivity contribution in [2.24, 2.45) is 0 Å². The van der Waals surface area contributed by atoms with Crippen molar-refractivity contribution in [2.75, 3.05) is 18.1 Å². The number of amides is 1. The molecule has 0 fully saturated rings. The molecule has 0 atom stereocenters. The van der Waals surface area contributed by atoms with Gasteiger partial charge in [0.1, 0.15) is 5.69 Å². The Kier molecular flexibility index (Phi) is 5.95. The Morgan fingerprint density at radius 2 is 1.76 bits per heavy atom. The molecule has 33 heavy (non-hydrogen) atoms. The highest BCUT2D eigenvalue weighted by Gasteiger charge is 2.35. The number of non-ortho nitro benzene ring substituents is 1. The number of nitrogens with zero attached hydrogens (tertiary/aromatic N) is 4. The fourth-order valence-electron chi connectivity index (χ4n) is 3.91. The lowest BCUT2D eigenvalue weighted by Gasteiger charge is -2.27. The van der Waals surface area contributed by atoms with Crippen LogP contribution < -0.4 is 4.90 Å². The largest absolute Gasteiger partial charge is 0.461 e. The van der Waals surface area contributed by atoms with Gasteiger partial charge in [0.05, 0.1) is 17.2 Å². The predicted molar refractivity (Wildman–Crippen MR) is 122 cm³/mol. The first kappa shape index (κ1) is 22.2. The Balaban J connectivity index is 1.79. The summed E-state index contributed by atoms with van der Waals surface area (Å²) in [6, 6.07) is 13.5. The highest BCUT2D eigenvalue weighted by molar-refractivity contribution is 6.09. The van der Waals surface area contributed by atoms with Crippen LogP contribution in [0, 0.1) is 10.1 Å². The predicted octanol–water partition coefficient (Wildman–Crippen LogP) is 4.28. The van der Waals surface area contributed by atoms with Crippen LogP contribution in [0.25, 0.3) is 5.69 Å². The van der Waals surface area contributed by atoms with Crippen LogP contribution in [-0.4, -0.2) is 39.7 Å². The summed E-state index contributed by atoms with van der Waals surface area (Å²) < 4.78 is 6.66. The molecule has 3 aromatic rings. The van der Waals surface area contributed by atoms with E-state index in [2.05, 4.69) is 18.9 Å². The van der Waals surface area contributed by atoms with Crippen molar-refractivity contribution in [2.45, 2.75) is 33.1 Å². The molecule has 2 aromatic carbocycles. The number of aromatic nitrogens is 2. The molecule has 9 nitrogen and oxygen atoms in total. The minimum atomic E-state index is -0.567. The van der Waals surface area contributed by atoms with Gasteiger partial charge in [0.2, 0.25) is 0 Å². The van der Waals surface area contributed by atoms with E-state index in [4.69, 9.17) is 4.74 Å². The molecule has 170 valence electrons. The third kappa shape index (κ3) is 4.09. The van der Waals surface area contributed by atoms with Crippen molar-refractivity contribution in [3.8, 4) is 5.69 Å². The zero-order valence-electron chi connectivity index (χ0n) is 18.6. The van der Waals surface area contributed by atoms with Gasteiger partial charge in [0, 0.05) is 29.9 Å². The van der Waals surface area contributed by atoms with E-state index in [1.807, 2.05) is 24.3 Å². The van der Waals surface area contributed by atoms with E-state index in [1.165, 1.54) is 16.8 Å². The molecule has 0 saturated heterocycles. The summed E-state index contributed by atoms with van der Waals surface area (Å²) in [5.74, 6) is -0.552. The van der Waals surface area contributed by atoms with Gasteiger partial charge in [-0.25, -0.2) is 9.48 Å². The van der Waals surface area contributed by atoms with Gasteiger partial charge in [-0.1, -0.05) is 26.0 Å². The smallest absolute Gasteiger partial charge is 0.359 e. The van der Waals surface area contributed by atoms with Crippen LogP contribution in [0.3, 0.4) is 0 Å². The third-order valence-electron chi connectivity index (χ3n) is 5.66. The first-order chi connectivity index (χ1) is 15.8. The molecule has 1 aromatic heterocycles. The highest BCUT2D eigenvalue weighted by Crippen LogP contribution is 2.30. The first-order valence-corrected chi connectivity index (χ1v) is 10.8. The Morgan fingerprint density at radius 3 is 2.33 bits per heavy atom. The maximum atomic E-state index is 13.6. The Labute approximate surface area is 190 Å². The lowest BCUT2D eigenvalue weighted by molar-refractivity contribution is -0.384. The van der Waals surface area contributed by atoms with Crippen LogP contribution in [0.15, 0.2) is 48.5 Å². The number of esters is 1. The first-order valence-electron chi connectivity index (χ1n) is 10.8. The SMILES string of the molecule is CCOC(=O)c1nn(-c2ccc(C(C)C)cc2)c2c1CCN(c1ccc([N+](=O)[O-])cc1)C2=O. The monoisotopic (exact) mass is 448 g/mol. The molecule has 1 amide bonds. The van der Waals surface area contributed by atoms with Gasteiger partial charge < -0.3 is 9.64 Å². The number of anilines is 1. The van der Waals surface area contributed by atoms with Crippen molar-refractivity contribution >= 4 is 23.3 Å². The van der Waals surface area contributed by atoms with Gasteiger partial charge >= 0.3 is 5.97 Å². The molecular formula is C24H24N4O5. The number of carbonyl (C=O) groups is 2. The standard InChI is InChI=1S/C24H24N4O5/c1-4-33-24(30)21-20-13-14-26(17-9-11-19(12-10-17)28(31)32)23(29)22(20)27(25-21)18-7-5-16(6-8-18)15(2)3/h5-12,15H,4,13-14H2,1-3H3. The van der Waals surface area contributed by atoms with Crippen molar-refractivity contribution in [1.82, 2.24) is 9.78 Å². The number of benzene rings is 2. The zero-order chi connectivity index (χ0) is 23.7. The Hall–Kier alpha value is -4.01. The van der Waals surface area contributed by atoms with E-state index >= 15 is 0 Å². The summed E-state index contributed by atoms with van der Waals surface area (Å²) in [6.45, 7) is 6.42. The molecule has 1 aliphatic heterocycles. The summed E-state index contributed by atoms with van der Waals surface area (Å²) in [5, 5.41) is 15.4. The molecule has 0 spiro atoms. The quantitative estimate of drug-likeness (QED) is 0.316. The summed E-state index contributed by atoms with van der Waals surface area (Å²) in [7, 11) is 0. The van der Waals surface area contributed by atoms with Gasteiger partial charge in [-0.2, -0.15) is 5.10 Å². The molecule has 0 saturated carbocycles. The second-order valence-electron chi connectivity index (χ2n) is 8.03. The molecule has 2 heterocycles. The van der Waals surface area contributed by atoms with Gasteiger partial charge in [-0.15, -0.1) is 0 Å². The fraction of sp³-hybridized carbons (Fsp3) is 0.292. The van der Waals surface area contributed by atoms with Crippen molar-refractivity contribution in [1.29, 1.82) is 0 Å². The minimum absolute atomic E-state index is 0.0521. The third-order valence-corrected chi connectivity index (χ3v) is 5.66. The molecule has 4 rings (SSSR count). The number of rotatable bonds is 6.